The molecule has 0 radical (unpaired) electrons. The normalized spacial score (nSPS) is 16.3. The molecule has 5 rings (SSSR count). The predicted octanol–water partition coefficient (Wildman–Crippen LogP) is 5.58. The average molecular weight is 471 g/mol. The zero-order valence-corrected chi connectivity index (χ0v) is 18.5. The molecule has 3 heterocycles. The van der Waals surface area contributed by atoms with Crippen LogP contribution in [0.2, 0.25) is 0 Å². The van der Waals surface area contributed by atoms with Crippen molar-refractivity contribution in [1.82, 2.24) is 14.5 Å². The summed E-state index contributed by atoms with van der Waals surface area (Å²) >= 11 is 0. The number of nitrogens with zero attached hydrogens (tertiary/aromatic N) is 3. The number of likely N-dealkylation sites (tertiary alicyclic amines) is 1. The number of fused-ring (bicyclic) bond motifs is 2. The summed E-state index contributed by atoms with van der Waals surface area (Å²) in [5.41, 5.74) is 0.923. The monoisotopic (exact) mass is 471 g/mol. The van der Waals surface area contributed by atoms with Gasteiger partial charge in [0.2, 0.25) is 12.7 Å². The van der Waals surface area contributed by atoms with Crippen LogP contribution in [0.1, 0.15) is 37.3 Å². The van der Waals surface area contributed by atoms with E-state index in [2.05, 4.69) is 11.6 Å². The molecule has 9 heteroatoms. The van der Waals surface area contributed by atoms with Crippen LogP contribution in [0, 0.1) is 0 Å². The van der Waals surface area contributed by atoms with E-state index in [-0.39, 0.29) is 24.3 Å². The molecular weight excluding hydrogens is 447 g/mol. The third-order valence-electron chi connectivity index (χ3n) is 6.39. The van der Waals surface area contributed by atoms with Crippen molar-refractivity contribution in [3.63, 3.8) is 0 Å². The quantitative estimate of drug-likeness (QED) is 0.456. The van der Waals surface area contributed by atoms with E-state index in [1.165, 1.54) is 6.07 Å². The smallest absolute Gasteiger partial charge is 0.416 e. The molecule has 3 aromatic rings. The number of hydrogen-bond acceptors (Lipinski definition) is 4. The lowest BCUT2D eigenvalue weighted by Crippen LogP contribution is -2.39. The van der Waals surface area contributed by atoms with Gasteiger partial charge in [-0.1, -0.05) is 6.08 Å². The molecule has 1 amide bonds. The van der Waals surface area contributed by atoms with Gasteiger partial charge in [0.15, 0.2) is 11.5 Å². The van der Waals surface area contributed by atoms with Crippen LogP contribution in [-0.4, -0.2) is 40.2 Å². The number of halogens is 3. The van der Waals surface area contributed by atoms with Crippen LogP contribution in [0.25, 0.3) is 22.4 Å². The molecule has 2 aliphatic heterocycles. The Hall–Kier alpha value is -3.49. The van der Waals surface area contributed by atoms with Crippen molar-refractivity contribution >= 4 is 16.9 Å². The number of carbonyl (C=O) groups excluding carboxylic acids is 1. The van der Waals surface area contributed by atoms with Gasteiger partial charge in [-0.15, -0.1) is 6.58 Å². The van der Waals surface area contributed by atoms with Crippen molar-refractivity contribution in [3.05, 3.63) is 54.6 Å². The van der Waals surface area contributed by atoms with E-state index in [0.717, 1.165) is 17.7 Å². The molecule has 1 aromatic heterocycles. The first-order valence-electron chi connectivity index (χ1n) is 11.2. The van der Waals surface area contributed by atoms with Crippen LogP contribution in [0.4, 0.5) is 13.2 Å². The molecule has 0 spiro atoms. The van der Waals surface area contributed by atoms with Gasteiger partial charge in [-0.3, -0.25) is 4.79 Å². The van der Waals surface area contributed by atoms with Gasteiger partial charge in [0.1, 0.15) is 5.82 Å². The van der Waals surface area contributed by atoms with Gasteiger partial charge in [-0.2, -0.15) is 13.2 Å². The van der Waals surface area contributed by atoms with Crippen molar-refractivity contribution in [2.24, 2.45) is 0 Å². The third-order valence-corrected chi connectivity index (χ3v) is 6.39. The van der Waals surface area contributed by atoms with E-state index < -0.39 is 11.7 Å². The molecule has 6 nitrogen and oxygen atoms in total. The Bertz CT molecular complexity index is 1240. The Morgan fingerprint density at radius 3 is 2.62 bits per heavy atom. The van der Waals surface area contributed by atoms with Gasteiger partial charge in [-0.25, -0.2) is 4.98 Å². The number of ether oxygens (including phenoxy) is 2. The summed E-state index contributed by atoms with van der Waals surface area (Å²) in [6, 6.07) is 9.09. The van der Waals surface area contributed by atoms with Crippen LogP contribution >= 0.6 is 0 Å². The molecule has 2 aliphatic rings. The van der Waals surface area contributed by atoms with Gasteiger partial charge in [0.05, 0.1) is 16.6 Å². The Labute approximate surface area is 194 Å². The first-order valence-corrected chi connectivity index (χ1v) is 11.2. The molecule has 1 saturated heterocycles. The Kier molecular flexibility index (Phi) is 5.71. The highest BCUT2D eigenvalue weighted by atomic mass is 19.4. The zero-order valence-electron chi connectivity index (χ0n) is 18.5. The fraction of sp³-hybridized carbons (Fsp3) is 0.360. The minimum absolute atomic E-state index is 0.00869. The number of aromatic nitrogens is 2. The van der Waals surface area contributed by atoms with E-state index >= 15 is 0 Å². The maximum Gasteiger partial charge on any atom is 0.416 e. The molecule has 0 saturated carbocycles. The maximum atomic E-state index is 13.3. The number of alkyl halides is 3. The summed E-state index contributed by atoms with van der Waals surface area (Å²) < 4.78 is 52.9. The summed E-state index contributed by atoms with van der Waals surface area (Å²) in [5, 5.41) is 0. The van der Waals surface area contributed by atoms with Crippen LogP contribution in [0.15, 0.2) is 49.1 Å². The summed E-state index contributed by atoms with van der Waals surface area (Å²) in [6.45, 7) is 4.96. The minimum atomic E-state index is -4.45. The van der Waals surface area contributed by atoms with Crippen molar-refractivity contribution < 1.29 is 27.4 Å². The standard InChI is InChI=1S/C25H24F3N3O3/c1-2-3-4-23(32)30-11-9-18(10-12-30)31-20-7-6-17(25(26,27)28)14-19(20)29-24(31)16-5-8-21-22(13-16)34-15-33-21/h2,5-8,13-14,18H,1,3-4,9-12,15H2. The second-order valence-electron chi connectivity index (χ2n) is 8.51. The number of rotatable bonds is 5. The average Bonchev–Trinajstić information content (AvgIpc) is 3.45. The number of piperidine rings is 1. The van der Waals surface area contributed by atoms with Crippen molar-refractivity contribution in [3.8, 4) is 22.9 Å². The zero-order chi connectivity index (χ0) is 23.9. The number of imidazole rings is 1. The third kappa shape index (κ3) is 4.10. The lowest BCUT2D eigenvalue weighted by Gasteiger charge is -2.33. The van der Waals surface area contributed by atoms with E-state index in [1.54, 1.807) is 18.2 Å². The molecule has 0 N–H and O–H groups in total. The van der Waals surface area contributed by atoms with Crippen molar-refractivity contribution in [2.45, 2.75) is 37.9 Å². The van der Waals surface area contributed by atoms with Gasteiger partial charge in [0, 0.05) is 31.1 Å². The molecule has 0 bridgehead atoms. The van der Waals surface area contributed by atoms with E-state index in [1.807, 2.05) is 15.5 Å². The molecule has 0 unspecified atom stereocenters. The highest BCUT2D eigenvalue weighted by Gasteiger charge is 2.32. The number of benzene rings is 2. The number of amides is 1. The number of carbonyl (C=O) groups is 1. The van der Waals surface area contributed by atoms with E-state index in [0.29, 0.717) is 61.6 Å². The summed E-state index contributed by atoms with van der Waals surface area (Å²) in [6.07, 6.45) is -0.275. The topological polar surface area (TPSA) is 56.6 Å². The maximum absolute atomic E-state index is 13.3. The van der Waals surface area contributed by atoms with Gasteiger partial charge in [0.25, 0.3) is 0 Å². The second-order valence-corrected chi connectivity index (χ2v) is 8.51. The van der Waals surface area contributed by atoms with Crippen molar-refractivity contribution in [1.29, 1.82) is 0 Å². The highest BCUT2D eigenvalue weighted by Crippen LogP contribution is 2.40. The van der Waals surface area contributed by atoms with Gasteiger partial charge in [-0.05, 0) is 55.7 Å². The molecule has 0 aliphatic carbocycles. The Morgan fingerprint density at radius 1 is 1.12 bits per heavy atom. The first-order chi connectivity index (χ1) is 16.3. The predicted molar refractivity (Wildman–Crippen MR) is 121 cm³/mol. The SMILES string of the molecule is C=CCCC(=O)N1CCC(n2c(-c3ccc4c(c3)OCO4)nc3cc(C(F)(F)F)ccc32)CC1. The minimum Gasteiger partial charge on any atom is -0.454 e. The van der Waals surface area contributed by atoms with Crippen LogP contribution < -0.4 is 9.47 Å². The molecular formula is C25H24F3N3O3. The number of allylic oxidation sites excluding steroid dienone is 1. The van der Waals surface area contributed by atoms with Crippen LogP contribution in [0.3, 0.4) is 0 Å². The van der Waals surface area contributed by atoms with E-state index in [4.69, 9.17) is 9.47 Å². The summed E-state index contributed by atoms with van der Waals surface area (Å²) in [7, 11) is 0. The highest BCUT2D eigenvalue weighted by molar-refractivity contribution is 5.82. The molecule has 34 heavy (non-hydrogen) atoms. The molecule has 178 valence electrons. The van der Waals surface area contributed by atoms with Crippen LogP contribution in [0.5, 0.6) is 11.5 Å². The Morgan fingerprint density at radius 2 is 1.88 bits per heavy atom. The Balaban J connectivity index is 1.52. The lowest BCUT2D eigenvalue weighted by molar-refractivity contribution is -0.137. The first kappa shape index (κ1) is 22.3. The fourth-order valence-corrected chi connectivity index (χ4v) is 4.64. The fourth-order valence-electron chi connectivity index (χ4n) is 4.64. The van der Waals surface area contributed by atoms with E-state index in [9.17, 15) is 18.0 Å². The summed E-state index contributed by atoms with van der Waals surface area (Å²) in [4.78, 5) is 18.9. The summed E-state index contributed by atoms with van der Waals surface area (Å²) in [5.74, 6) is 1.87. The van der Waals surface area contributed by atoms with Gasteiger partial charge < -0.3 is 18.9 Å². The molecule has 1 fully saturated rings. The molecule has 0 atom stereocenters. The van der Waals surface area contributed by atoms with Crippen LogP contribution in [-0.2, 0) is 11.0 Å². The second kappa shape index (κ2) is 8.70. The van der Waals surface area contributed by atoms with Crippen molar-refractivity contribution in [2.75, 3.05) is 19.9 Å². The van der Waals surface area contributed by atoms with Gasteiger partial charge >= 0.3 is 6.18 Å². The largest absolute Gasteiger partial charge is 0.454 e. The molecule has 2 aromatic carbocycles. The number of hydrogen-bond donors (Lipinski definition) is 0. The lowest BCUT2D eigenvalue weighted by atomic mass is 10.0.